The van der Waals surface area contributed by atoms with Crippen molar-refractivity contribution >= 4 is 39.1 Å². The lowest BCUT2D eigenvalue weighted by Crippen LogP contribution is -2.31. The molecular formula is C23H21ClN2O6S. The molecule has 0 spiro atoms. The predicted molar refractivity (Wildman–Crippen MR) is 125 cm³/mol. The molecule has 8 nitrogen and oxygen atoms in total. The summed E-state index contributed by atoms with van der Waals surface area (Å²) < 4.78 is 38.4. The number of aromatic amines is 1. The van der Waals surface area contributed by atoms with Crippen LogP contribution in [0.2, 0.25) is 5.02 Å². The highest BCUT2D eigenvalue weighted by atomic mass is 35.5. The number of rotatable bonds is 10. The van der Waals surface area contributed by atoms with Gasteiger partial charge in [0, 0.05) is 6.20 Å². The second-order valence-electron chi connectivity index (χ2n) is 6.72. The smallest absolute Gasteiger partial charge is 0.340 e. The lowest BCUT2D eigenvalue weighted by molar-refractivity contribution is 0.0473. The Morgan fingerprint density at radius 1 is 1.15 bits per heavy atom. The van der Waals surface area contributed by atoms with Crippen LogP contribution >= 0.6 is 11.6 Å². The Balaban J connectivity index is 1.92. The summed E-state index contributed by atoms with van der Waals surface area (Å²) in [5.74, 6) is -1.02. The fraction of sp³-hybridized carbons (Fsp3) is 0.130. The zero-order chi connectivity index (χ0) is 24.0. The van der Waals surface area contributed by atoms with Gasteiger partial charge in [-0.25, -0.2) is 13.2 Å². The standard InChI is InChI=1S/C23H21ClN2O6S/c1-3-13-26(20-8-4-5-9-22(20)31-2)33(29,30)16-10-11-18(24)17(14-16)23(28)32-15-21(27)19-7-6-12-25-19/h3-12,14,25H,1,13,15H2,2H3. The zero-order valence-corrected chi connectivity index (χ0v) is 19.2. The second-order valence-corrected chi connectivity index (χ2v) is 8.99. The summed E-state index contributed by atoms with van der Waals surface area (Å²) in [5.41, 5.74) is 0.397. The van der Waals surface area contributed by atoms with E-state index in [-0.39, 0.29) is 27.7 Å². The van der Waals surface area contributed by atoms with Crippen molar-refractivity contribution < 1.29 is 27.5 Å². The molecule has 3 aromatic rings. The lowest BCUT2D eigenvalue weighted by atomic mass is 10.2. The van der Waals surface area contributed by atoms with Crippen molar-refractivity contribution in [3.05, 3.63) is 89.7 Å². The maximum absolute atomic E-state index is 13.5. The van der Waals surface area contributed by atoms with E-state index in [1.807, 2.05) is 0 Å². The van der Waals surface area contributed by atoms with E-state index in [9.17, 15) is 18.0 Å². The number of methoxy groups -OCH3 is 1. The molecule has 0 fully saturated rings. The third-order valence-corrected chi connectivity index (χ3v) is 6.73. The molecule has 1 heterocycles. The number of benzene rings is 2. The fourth-order valence-electron chi connectivity index (χ4n) is 3.02. The molecule has 33 heavy (non-hydrogen) atoms. The molecule has 0 bridgehead atoms. The van der Waals surface area contributed by atoms with E-state index < -0.39 is 28.4 Å². The number of para-hydroxylation sites is 2. The van der Waals surface area contributed by atoms with Crippen molar-refractivity contribution in [1.29, 1.82) is 0 Å². The molecule has 0 aliphatic carbocycles. The predicted octanol–water partition coefficient (Wildman–Crippen LogP) is 4.10. The Hall–Kier alpha value is -3.56. The highest BCUT2D eigenvalue weighted by molar-refractivity contribution is 7.92. The Bertz CT molecular complexity index is 1270. The number of esters is 1. The highest BCUT2D eigenvalue weighted by Crippen LogP contribution is 2.33. The van der Waals surface area contributed by atoms with Crippen molar-refractivity contribution in [3.63, 3.8) is 0 Å². The SMILES string of the molecule is C=CCN(c1ccccc1OC)S(=O)(=O)c1ccc(Cl)c(C(=O)OCC(=O)c2ccc[nH]2)c1. The van der Waals surface area contributed by atoms with Crippen LogP contribution in [-0.4, -0.2) is 45.4 Å². The number of sulfonamides is 1. The van der Waals surface area contributed by atoms with Gasteiger partial charge in [-0.3, -0.25) is 9.10 Å². The normalized spacial score (nSPS) is 11.0. The molecule has 0 atom stereocenters. The van der Waals surface area contributed by atoms with Crippen LogP contribution in [0.5, 0.6) is 5.75 Å². The van der Waals surface area contributed by atoms with Crippen molar-refractivity contribution in [2.24, 2.45) is 0 Å². The summed E-state index contributed by atoms with van der Waals surface area (Å²) in [5, 5.41) is -0.0150. The molecule has 2 aromatic carbocycles. The molecular weight excluding hydrogens is 468 g/mol. The first-order chi connectivity index (χ1) is 15.8. The Labute approximate surface area is 196 Å². The number of anilines is 1. The van der Waals surface area contributed by atoms with Crippen molar-refractivity contribution in [3.8, 4) is 5.75 Å². The number of nitrogens with one attached hydrogen (secondary N) is 1. The largest absolute Gasteiger partial charge is 0.495 e. The van der Waals surface area contributed by atoms with Gasteiger partial charge in [-0.2, -0.15) is 0 Å². The summed E-state index contributed by atoms with van der Waals surface area (Å²) >= 11 is 6.12. The van der Waals surface area contributed by atoms with Crippen LogP contribution < -0.4 is 9.04 Å². The van der Waals surface area contributed by atoms with Crippen molar-refractivity contribution in [2.45, 2.75) is 4.90 Å². The number of carbonyl (C=O) groups is 2. The molecule has 0 aliphatic rings. The summed E-state index contributed by atoms with van der Waals surface area (Å²) in [7, 11) is -2.71. The van der Waals surface area contributed by atoms with Gasteiger partial charge in [-0.15, -0.1) is 6.58 Å². The number of Topliss-reactive ketones (excluding diaryl/α,β-unsaturated/α-hetero) is 1. The van der Waals surface area contributed by atoms with Crippen LogP contribution in [0.15, 0.2) is 78.3 Å². The minimum Gasteiger partial charge on any atom is -0.495 e. The molecule has 1 aromatic heterocycles. The molecule has 1 N–H and O–H groups in total. The van der Waals surface area contributed by atoms with E-state index in [4.69, 9.17) is 21.1 Å². The third-order valence-electron chi connectivity index (χ3n) is 4.63. The minimum atomic E-state index is -4.14. The number of hydrogen-bond donors (Lipinski definition) is 1. The van der Waals surface area contributed by atoms with Gasteiger partial charge in [0.2, 0.25) is 5.78 Å². The van der Waals surface area contributed by atoms with Gasteiger partial charge in [-0.1, -0.05) is 29.8 Å². The summed E-state index contributed by atoms with van der Waals surface area (Å²) in [6, 6.07) is 13.5. The van der Waals surface area contributed by atoms with Gasteiger partial charge in [-0.05, 0) is 42.5 Å². The van der Waals surface area contributed by atoms with Crippen LogP contribution in [-0.2, 0) is 14.8 Å². The Morgan fingerprint density at radius 2 is 1.91 bits per heavy atom. The minimum absolute atomic E-state index is 0.0150. The van der Waals surface area contributed by atoms with Gasteiger partial charge in [0.1, 0.15) is 5.75 Å². The number of aromatic nitrogens is 1. The second kappa shape index (κ2) is 10.4. The van der Waals surface area contributed by atoms with E-state index in [1.165, 1.54) is 25.3 Å². The van der Waals surface area contributed by atoms with Crippen LogP contribution in [0.1, 0.15) is 20.8 Å². The van der Waals surface area contributed by atoms with Gasteiger partial charge < -0.3 is 14.5 Å². The summed E-state index contributed by atoms with van der Waals surface area (Å²) in [6.07, 6.45) is 3.00. The molecule has 3 rings (SSSR count). The quantitative estimate of drug-likeness (QED) is 0.261. The van der Waals surface area contributed by atoms with Gasteiger partial charge in [0.25, 0.3) is 10.0 Å². The lowest BCUT2D eigenvalue weighted by Gasteiger charge is -2.25. The first-order valence-electron chi connectivity index (χ1n) is 9.69. The van der Waals surface area contributed by atoms with Gasteiger partial charge >= 0.3 is 5.97 Å². The van der Waals surface area contributed by atoms with Crippen LogP contribution in [0.25, 0.3) is 0 Å². The number of H-pyrrole nitrogens is 1. The molecule has 0 amide bonds. The van der Waals surface area contributed by atoms with Crippen molar-refractivity contribution in [2.75, 3.05) is 24.6 Å². The van der Waals surface area contributed by atoms with E-state index in [1.54, 1.807) is 42.6 Å². The summed E-state index contributed by atoms with van der Waals surface area (Å²) in [4.78, 5) is 27.2. The maximum atomic E-state index is 13.5. The number of carbonyl (C=O) groups excluding carboxylic acids is 2. The van der Waals surface area contributed by atoms with Crippen LogP contribution in [0.3, 0.4) is 0 Å². The number of hydrogen-bond acceptors (Lipinski definition) is 6. The van der Waals surface area contributed by atoms with Gasteiger partial charge in [0.05, 0.1) is 40.5 Å². The van der Waals surface area contributed by atoms with E-state index >= 15 is 0 Å². The number of ketones is 1. The Kier molecular flexibility index (Phi) is 7.57. The van der Waals surface area contributed by atoms with Crippen LogP contribution in [0, 0.1) is 0 Å². The molecule has 0 saturated carbocycles. The number of nitrogens with zero attached hydrogens (tertiary/aromatic N) is 1. The fourth-order valence-corrected chi connectivity index (χ4v) is 4.69. The van der Waals surface area contributed by atoms with E-state index in [2.05, 4.69) is 11.6 Å². The van der Waals surface area contributed by atoms with Gasteiger partial charge in [0.15, 0.2) is 6.61 Å². The molecule has 10 heteroatoms. The third kappa shape index (κ3) is 5.27. The number of halogens is 1. The maximum Gasteiger partial charge on any atom is 0.340 e. The average molecular weight is 489 g/mol. The summed E-state index contributed by atoms with van der Waals surface area (Å²) in [6.45, 7) is 3.06. The molecule has 0 saturated heterocycles. The van der Waals surface area contributed by atoms with E-state index in [0.29, 0.717) is 11.4 Å². The Morgan fingerprint density at radius 3 is 2.58 bits per heavy atom. The molecule has 0 aliphatic heterocycles. The molecule has 0 unspecified atom stereocenters. The number of ether oxygens (including phenoxy) is 2. The topological polar surface area (TPSA) is 106 Å². The highest BCUT2D eigenvalue weighted by Gasteiger charge is 2.28. The first kappa shape index (κ1) is 24.1. The zero-order valence-electron chi connectivity index (χ0n) is 17.7. The average Bonchev–Trinajstić information content (AvgIpc) is 3.36. The first-order valence-corrected chi connectivity index (χ1v) is 11.5. The molecule has 172 valence electrons. The van der Waals surface area contributed by atoms with Crippen molar-refractivity contribution in [1.82, 2.24) is 4.98 Å². The van der Waals surface area contributed by atoms with E-state index in [0.717, 1.165) is 10.4 Å². The molecule has 0 radical (unpaired) electrons. The van der Waals surface area contributed by atoms with Crippen LogP contribution in [0.4, 0.5) is 5.69 Å². The monoisotopic (exact) mass is 488 g/mol.